The fourth-order valence-corrected chi connectivity index (χ4v) is 4.20. The number of carbonyl (C=O) groups is 2. The van der Waals surface area contributed by atoms with E-state index in [1.807, 2.05) is 0 Å². The molecule has 0 aromatic heterocycles. The monoisotopic (exact) mass is 580 g/mol. The summed E-state index contributed by atoms with van der Waals surface area (Å²) in [7, 11) is 0. The summed E-state index contributed by atoms with van der Waals surface area (Å²) >= 11 is 6.91. The lowest BCUT2D eigenvalue weighted by Crippen LogP contribution is -2.05. The highest BCUT2D eigenvalue weighted by Crippen LogP contribution is 2.11. The van der Waals surface area contributed by atoms with Gasteiger partial charge in [0.25, 0.3) is 0 Å². The van der Waals surface area contributed by atoms with Gasteiger partial charge in [0.15, 0.2) is 0 Å². The number of unbranched alkanes of at least 4 members (excludes halogenated alkanes) is 14. The second-order valence-electron chi connectivity index (χ2n) is 8.37. The second kappa shape index (κ2) is 26.9. The number of rotatable bonds is 24. The van der Waals surface area contributed by atoms with E-state index >= 15 is 0 Å². The molecular formula is C26H46Br2O4. The van der Waals surface area contributed by atoms with Crippen molar-refractivity contribution in [2.75, 3.05) is 23.9 Å². The molecule has 0 saturated carbocycles. The SMILES string of the molecule is O=C(CCCCCCCCCCBr)OC/C=C/COC(=O)CCCCCCCCCCBr. The highest BCUT2D eigenvalue weighted by Gasteiger charge is 2.03. The van der Waals surface area contributed by atoms with Gasteiger partial charge in [-0.15, -0.1) is 0 Å². The minimum absolute atomic E-state index is 0.146. The highest BCUT2D eigenvalue weighted by molar-refractivity contribution is 9.09. The van der Waals surface area contributed by atoms with E-state index in [0.29, 0.717) is 12.8 Å². The lowest BCUT2D eigenvalue weighted by Gasteiger charge is -2.04. The number of esters is 2. The van der Waals surface area contributed by atoms with Crippen molar-refractivity contribution in [1.82, 2.24) is 0 Å². The molecule has 0 amide bonds. The average molecular weight is 582 g/mol. The van der Waals surface area contributed by atoms with Crippen LogP contribution in [0.5, 0.6) is 0 Å². The summed E-state index contributed by atoms with van der Waals surface area (Å²) in [5.41, 5.74) is 0. The highest BCUT2D eigenvalue weighted by atomic mass is 79.9. The van der Waals surface area contributed by atoms with Gasteiger partial charge in [-0.1, -0.05) is 109 Å². The molecule has 0 aromatic carbocycles. The summed E-state index contributed by atoms with van der Waals surface area (Å²) in [5, 5.41) is 2.21. The van der Waals surface area contributed by atoms with Crippen LogP contribution in [-0.2, 0) is 19.1 Å². The Balaban J connectivity index is 3.37. The fourth-order valence-electron chi connectivity index (χ4n) is 3.41. The maximum Gasteiger partial charge on any atom is 0.306 e. The first-order valence-corrected chi connectivity index (χ1v) is 15.0. The summed E-state index contributed by atoms with van der Waals surface area (Å²) in [6.07, 6.45) is 23.7. The van der Waals surface area contributed by atoms with Crippen molar-refractivity contribution in [3.63, 3.8) is 0 Å². The van der Waals surface area contributed by atoms with Crippen molar-refractivity contribution in [3.8, 4) is 0 Å². The first kappa shape index (κ1) is 31.6. The molecule has 0 aliphatic carbocycles. The van der Waals surface area contributed by atoms with Gasteiger partial charge in [0.05, 0.1) is 0 Å². The zero-order chi connectivity index (χ0) is 23.5. The summed E-state index contributed by atoms with van der Waals surface area (Å²) in [4.78, 5) is 23.4. The zero-order valence-electron chi connectivity index (χ0n) is 20.1. The van der Waals surface area contributed by atoms with Gasteiger partial charge in [-0.25, -0.2) is 0 Å². The molecule has 188 valence electrons. The lowest BCUT2D eigenvalue weighted by molar-refractivity contribution is -0.143. The largest absolute Gasteiger partial charge is 0.461 e. The van der Waals surface area contributed by atoms with Crippen LogP contribution in [0.1, 0.15) is 116 Å². The molecule has 0 aliphatic rings. The van der Waals surface area contributed by atoms with Gasteiger partial charge >= 0.3 is 11.9 Å². The summed E-state index contributed by atoms with van der Waals surface area (Å²) < 4.78 is 10.4. The van der Waals surface area contributed by atoms with Crippen LogP contribution in [0, 0.1) is 0 Å². The van der Waals surface area contributed by atoms with Gasteiger partial charge in [0.2, 0.25) is 0 Å². The Kier molecular flexibility index (Phi) is 26.6. The second-order valence-corrected chi connectivity index (χ2v) is 9.96. The van der Waals surface area contributed by atoms with E-state index in [4.69, 9.17) is 9.47 Å². The predicted octanol–water partition coefficient (Wildman–Crippen LogP) is 8.44. The van der Waals surface area contributed by atoms with Crippen molar-refractivity contribution in [3.05, 3.63) is 12.2 Å². The Hall–Kier alpha value is -0.360. The molecule has 0 saturated heterocycles. The molecule has 0 bridgehead atoms. The van der Waals surface area contributed by atoms with Crippen molar-refractivity contribution in [2.45, 2.75) is 116 Å². The van der Waals surface area contributed by atoms with E-state index in [-0.39, 0.29) is 25.2 Å². The molecule has 0 fully saturated rings. The molecule has 0 atom stereocenters. The predicted molar refractivity (Wildman–Crippen MR) is 142 cm³/mol. The van der Waals surface area contributed by atoms with Gasteiger partial charge in [-0.2, -0.15) is 0 Å². The molecule has 0 radical (unpaired) electrons. The van der Waals surface area contributed by atoms with Crippen LogP contribution in [0.2, 0.25) is 0 Å². The molecular weight excluding hydrogens is 536 g/mol. The van der Waals surface area contributed by atoms with E-state index in [9.17, 15) is 9.59 Å². The van der Waals surface area contributed by atoms with Gasteiger partial charge in [-0.3, -0.25) is 9.59 Å². The molecule has 32 heavy (non-hydrogen) atoms. The van der Waals surface area contributed by atoms with E-state index in [2.05, 4.69) is 31.9 Å². The molecule has 6 heteroatoms. The van der Waals surface area contributed by atoms with Crippen LogP contribution in [0.3, 0.4) is 0 Å². The third kappa shape index (κ3) is 25.9. The van der Waals surface area contributed by atoms with Crippen molar-refractivity contribution in [1.29, 1.82) is 0 Å². The summed E-state index contributed by atoms with van der Waals surface area (Å²) in [6, 6.07) is 0. The topological polar surface area (TPSA) is 52.6 Å². The van der Waals surface area contributed by atoms with Crippen LogP contribution in [0.4, 0.5) is 0 Å². The average Bonchev–Trinajstić information content (AvgIpc) is 2.79. The summed E-state index contributed by atoms with van der Waals surface area (Å²) in [5.74, 6) is -0.292. The Morgan fingerprint density at radius 1 is 0.469 bits per heavy atom. The maximum absolute atomic E-state index is 11.7. The number of ether oxygens (including phenoxy) is 2. The van der Waals surface area contributed by atoms with Crippen molar-refractivity contribution < 1.29 is 19.1 Å². The Bertz CT molecular complexity index is 415. The van der Waals surface area contributed by atoms with Crippen molar-refractivity contribution >= 4 is 43.8 Å². The van der Waals surface area contributed by atoms with E-state index in [1.54, 1.807) is 12.2 Å². The third-order valence-electron chi connectivity index (χ3n) is 5.38. The number of carbonyl (C=O) groups excluding carboxylic acids is 2. The van der Waals surface area contributed by atoms with E-state index in [1.165, 1.54) is 77.0 Å². The molecule has 0 unspecified atom stereocenters. The first-order valence-electron chi connectivity index (χ1n) is 12.8. The van der Waals surface area contributed by atoms with E-state index < -0.39 is 0 Å². The van der Waals surface area contributed by atoms with Gasteiger partial charge in [0.1, 0.15) is 13.2 Å². The van der Waals surface area contributed by atoms with Gasteiger partial charge < -0.3 is 9.47 Å². The Morgan fingerprint density at radius 3 is 1.06 bits per heavy atom. The lowest BCUT2D eigenvalue weighted by atomic mass is 10.1. The van der Waals surface area contributed by atoms with Crippen LogP contribution < -0.4 is 0 Å². The van der Waals surface area contributed by atoms with E-state index in [0.717, 1.165) is 36.3 Å². The number of alkyl halides is 2. The molecule has 0 rings (SSSR count). The smallest absolute Gasteiger partial charge is 0.306 e. The number of halogens is 2. The van der Waals surface area contributed by atoms with Crippen molar-refractivity contribution in [2.24, 2.45) is 0 Å². The Labute approximate surface area is 213 Å². The first-order chi connectivity index (χ1) is 15.7. The summed E-state index contributed by atoms with van der Waals surface area (Å²) in [6.45, 7) is 0.499. The van der Waals surface area contributed by atoms with Crippen LogP contribution >= 0.6 is 31.9 Å². The normalized spacial score (nSPS) is 11.2. The maximum atomic E-state index is 11.7. The zero-order valence-corrected chi connectivity index (χ0v) is 23.3. The fraction of sp³-hybridized carbons (Fsp3) is 0.846. The van der Waals surface area contributed by atoms with Gasteiger partial charge in [0, 0.05) is 23.5 Å². The Morgan fingerprint density at radius 2 is 0.750 bits per heavy atom. The number of hydrogen-bond acceptors (Lipinski definition) is 4. The molecule has 0 N–H and O–H groups in total. The van der Waals surface area contributed by atoms with Crippen LogP contribution in [0.25, 0.3) is 0 Å². The third-order valence-corrected chi connectivity index (χ3v) is 6.50. The molecule has 0 aromatic rings. The molecule has 0 aliphatic heterocycles. The molecule has 0 spiro atoms. The minimum atomic E-state index is -0.146. The number of hydrogen-bond donors (Lipinski definition) is 0. The molecule has 4 nitrogen and oxygen atoms in total. The quantitative estimate of drug-likeness (QED) is 0.0496. The minimum Gasteiger partial charge on any atom is -0.461 e. The molecule has 0 heterocycles. The van der Waals surface area contributed by atoms with Crippen LogP contribution in [0.15, 0.2) is 12.2 Å². The van der Waals surface area contributed by atoms with Gasteiger partial charge in [-0.05, 0) is 37.8 Å². The standard InChI is InChI=1S/C26H46Br2O4/c27-21-15-11-7-3-1-5-9-13-19-25(29)31-23-17-18-24-32-26(30)20-14-10-6-2-4-8-12-16-22-28/h17-18H,1-16,19-24H2/b18-17+. The van der Waals surface area contributed by atoms with Crippen LogP contribution in [-0.4, -0.2) is 35.8 Å².